The SMILES string of the molecule is CCN(c1cc(C(F)(F)F)cc(C(=O)NCc2c(C)cc(C)[nH]c2=O)c1C)C1CCC([NH+](C)C)CC1. The Balaban J connectivity index is 1.94. The van der Waals surface area contributed by atoms with Crippen molar-refractivity contribution in [2.45, 2.75) is 78.2 Å². The van der Waals surface area contributed by atoms with E-state index < -0.39 is 17.6 Å². The number of quaternary nitrogens is 1. The highest BCUT2D eigenvalue weighted by Crippen LogP contribution is 2.37. The molecular formula is C27H38F3N4O2+. The quantitative estimate of drug-likeness (QED) is 0.537. The Hall–Kier alpha value is -2.81. The molecule has 6 nitrogen and oxygen atoms in total. The van der Waals surface area contributed by atoms with Gasteiger partial charge >= 0.3 is 6.18 Å². The number of hydrogen-bond acceptors (Lipinski definition) is 3. The molecule has 1 fully saturated rings. The van der Waals surface area contributed by atoms with Crippen molar-refractivity contribution in [2.75, 3.05) is 25.5 Å². The zero-order chi connectivity index (χ0) is 26.8. The molecule has 1 aliphatic carbocycles. The van der Waals surface area contributed by atoms with E-state index >= 15 is 0 Å². The number of aromatic nitrogens is 1. The van der Waals surface area contributed by atoms with Gasteiger partial charge in [0.2, 0.25) is 0 Å². The molecule has 1 amide bonds. The van der Waals surface area contributed by atoms with Crippen LogP contribution in [0.3, 0.4) is 0 Å². The van der Waals surface area contributed by atoms with Crippen LogP contribution in [0.4, 0.5) is 18.9 Å². The highest BCUT2D eigenvalue weighted by Gasteiger charge is 2.35. The molecule has 0 bridgehead atoms. The third-order valence-electron chi connectivity index (χ3n) is 7.48. The van der Waals surface area contributed by atoms with Crippen LogP contribution < -0.4 is 20.7 Å². The van der Waals surface area contributed by atoms with Crippen LogP contribution in [0.2, 0.25) is 0 Å². The monoisotopic (exact) mass is 507 g/mol. The van der Waals surface area contributed by atoms with Gasteiger partial charge in [0.15, 0.2) is 0 Å². The second kappa shape index (κ2) is 11.1. The van der Waals surface area contributed by atoms with Crippen LogP contribution in [0, 0.1) is 20.8 Å². The van der Waals surface area contributed by atoms with E-state index in [2.05, 4.69) is 24.4 Å². The minimum atomic E-state index is -4.59. The number of aromatic amines is 1. The van der Waals surface area contributed by atoms with Crippen molar-refractivity contribution in [2.24, 2.45) is 0 Å². The number of anilines is 1. The minimum Gasteiger partial charge on any atom is -0.369 e. The number of nitrogens with zero attached hydrogens (tertiary/aromatic N) is 1. The van der Waals surface area contributed by atoms with E-state index in [-0.39, 0.29) is 23.7 Å². The van der Waals surface area contributed by atoms with Gasteiger partial charge in [0.05, 0.1) is 25.7 Å². The van der Waals surface area contributed by atoms with E-state index in [9.17, 15) is 22.8 Å². The third-order valence-corrected chi connectivity index (χ3v) is 7.48. The Morgan fingerprint density at radius 2 is 1.75 bits per heavy atom. The van der Waals surface area contributed by atoms with Gasteiger partial charge in [-0.05, 0) is 69.9 Å². The average molecular weight is 508 g/mol. The van der Waals surface area contributed by atoms with Crippen molar-refractivity contribution < 1.29 is 22.9 Å². The van der Waals surface area contributed by atoms with E-state index in [4.69, 9.17) is 0 Å². The number of benzene rings is 1. The van der Waals surface area contributed by atoms with E-state index in [1.165, 1.54) is 11.0 Å². The summed E-state index contributed by atoms with van der Waals surface area (Å²) in [6.07, 6.45) is -0.765. The fourth-order valence-corrected chi connectivity index (χ4v) is 5.35. The van der Waals surface area contributed by atoms with Gasteiger partial charge in [-0.1, -0.05) is 0 Å². The number of nitrogens with one attached hydrogen (secondary N) is 3. The molecule has 0 spiro atoms. The Morgan fingerprint density at radius 1 is 1.11 bits per heavy atom. The Morgan fingerprint density at radius 3 is 2.28 bits per heavy atom. The number of pyridine rings is 1. The molecule has 2 aromatic rings. The molecule has 36 heavy (non-hydrogen) atoms. The van der Waals surface area contributed by atoms with E-state index in [1.54, 1.807) is 26.8 Å². The first-order chi connectivity index (χ1) is 16.8. The smallest absolute Gasteiger partial charge is 0.369 e. The predicted molar refractivity (Wildman–Crippen MR) is 136 cm³/mol. The minimum absolute atomic E-state index is 0.0223. The molecule has 0 aliphatic heterocycles. The molecule has 198 valence electrons. The van der Waals surface area contributed by atoms with Crippen molar-refractivity contribution >= 4 is 11.6 Å². The molecule has 3 N–H and O–H groups in total. The number of H-pyrrole nitrogens is 1. The number of amides is 1. The first kappa shape index (κ1) is 27.8. The molecule has 1 aliphatic rings. The van der Waals surface area contributed by atoms with Gasteiger partial charge in [-0.2, -0.15) is 13.2 Å². The number of rotatable bonds is 7. The Labute approximate surface area is 210 Å². The van der Waals surface area contributed by atoms with Crippen LogP contribution in [-0.4, -0.2) is 43.6 Å². The molecule has 3 rings (SSSR count). The largest absolute Gasteiger partial charge is 0.416 e. The molecule has 1 heterocycles. The summed E-state index contributed by atoms with van der Waals surface area (Å²) in [7, 11) is 4.27. The average Bonchev–Trinajstić information content (AvgIpc) is 2.79. The lowest BCUT2D eigenvalue weighted by atomic mass is 9.88. The van der Waals surface area contributed by atoms with Crippen LogP contribution >= 0.6 is 0 Å². The summed E-state index contributed by atoms with van der Waals surface area (Å²) in [4.78, 5) is 31.6. The molecule has 1 aromatic carbocycles. The fourth-order valence-electron chi connectivity index (χ4n) is 5.35. The van der Waals surface area contributed by atoms with E-state index in [0.717, 1.165) is 31.7 Å². The highest BCUT2D eigenvalue weighted by molar-refractivity contribution is 5.97. The van der Waals surface area contributed by atoms with Crippen LogP contribution in [0.1, 0.15) is 70.9 Å². The summed E-state index contributed by atoms with van der Waals surface area (Å²) >= 11 is 0. The van der Waals surface area contributed by atoms with Crippen molar-refractivity contribution in [1.82, 2.24) is 10.3 Å². The number of hydrogen-bond donors (Lipinski definition) is 3. The topological polar surface area (TPSA) is 69.6 Å². The second-order valence-electron chi connectivity index (χ2n) is 10.2. The summed E-state index contributed by atoms with van der Waals surface area (Å²) in [6, 6.07) is 4.56. The first-order valence-corrected chi connectivity index (χ1v) is 12.6. The summed E-state index contributed by atoms with van der Waals surface area (Å²) in [5, 5.41) is 2.67. The number of carbonyl (C=O) groups is 1. The maximum atomic E-state index is 13.9. The maximum absolute atomic E-state index is 13.9. The van der Waals surface area contributed by atoms with Crippen LogP contribution in [0.25, 0.3) is 0 Å². The Bertz CT molecular complexity index is 1150. The number of halogens is 3. The van der Waals surface area contributed by atoms with E-state index in [1.807, 2.05) is 11.8 Å². The zero-order valence-corrected chi connectivity index (χ0v) is 22.0. The van der Waals surface area contributed by atoms with Crippen LogP contribution in [0.5, 0.6) is 0 Å². The molecular weight excluding hydrogens is 469 g/mol. The lowest BCUT2D eigenvalue weighted by Crippen LogP contribution is -3.10. The normalized spacial score (nSPS) is 18.4. The molecule has 0 saturated heterocycles. The van der Waals surface area contributed by atoms with E-state index in [0.29, 0.717) is 40.7 Å². The summed E-state index contributed by atoms with van der Waals surface area (Å²) < 4.78 is 41.7. The lowest BCUT2D eigenvalue weighted by molar-refractivity contribution is -0.887. The highest BCUT2D eigenvalue weighted by atomic mass is 19.4. The van der Waals surface area contributed by atoms with Gasteiger partial charge < -0.3 is 20.1 Å². The summed E-state index contributed by atoms with van der Waals surface area (Å²) in [6.45, 7) is 7.65. The van der Waals surface area contributed by atoms with Gasteiger partial charge in [-0.3, -0.25) is 9.59 Å². The fraction of sp³-hybridized carbons (Fsp3) is 0.556. The van der Waals surface area contributed by atoms with Gasteiger partial charge in [0, 0.05) is 54.5 Å². The standard InChI is InChI=1S/C27H37F3N4O2/c1-7-34(21-10-8-20(9-11-21)33(5)6)24-14-19(27(28,29)30)13-22(18(24)4)25(35)31-15-23-16(2)12-17(3)32-26(23)36/h12-14,20-21H,7-11,15H2,1-6H3,(H,31,35)(H,32,36)/p+1. The molecule has 1 aromatic heterocycles. The van der Waals surface area contributed by atoms with Crippen LogP contribution in [-0.2, 0) is 12.7 Å². The van der Waals surface area contributed by atoms with Crippen molar-refractivity contribution in [3.63, 3.8) is 0 Å². The number of carbonyl (C=O) groups excluding carboxylic acids is 1. The first-order valence-electron chi connectivity index (χ1n) is 12.6. The van der Waals surface area contributed by atoms with Crippen LogP contribution in [0.15, 0.2) is 23.0 Å². The van der Waals surface area contributed by atoms with Crippen molar-refractivity contribution in [3.8, 4) is 0 Å². The van der Waals surface area contributed by atoms with Gasteiger partial charge in [0.1, 0.15) is 0 Å². The molecule has 9 heteroatoms. The number of alkyl halides is 3. The lowest BCUT2D eigenvalue weighted by Gasteiger charge is -2.39. The predicted octanol–water partition coefficient (Wildman–Crippen LogP) is 3.53. The summed E-state index contributed by atoms with van der Waals surface area (Å²) in [5.41, 5.74) is 1.57. The van der Waals surface area contributed by atoms with Gasteiger partial charge in [-0.25, -0.2) is 0 Å². The third kappa shape index (κ3) is 6.11. The molecule has 0 radical (unpaired) electrons. The zero-order valence-electron chi connectivity index (χ0n) is 22.0. The molecule has 0 atom stereocenters. The second-order valence-corrected chi connectivity index (χ2v) is 10.2. The van der Waals surface area contributed by atoms with Gasteiger partial charge in [-0.15, -0.1) is 0 Å². The summed E-state index contributed by atoms with van der Waals surface area (Å²) in [5.74, 6) is -0.629. The van der Waals surface area contributed by atoms with Crippen molar-refractivity contribution in [3.05, 3.63) is 62.1 Å². The Kier molecular flexibility index (Phi) is 8.54. The number of aryl methyl sites for hydroxylation is 2. The molecule has 1 saturated carbocycles. The van der Waals surface area contributed by atoms with Gasteiger partial charge in [0.25, 0.3) is 11.5 Å². The molecule has 0 unspecified atom stereocenters. The van der Waals surface area contributed by atoms with Crippen molar-refractivity contribution in [1.29, 1.82) is 0 Å². The maximum Gasteiger partial charge on any atom is 0.416 e.